The van der Waals surface area contributed by atoms with Crippen LogP contribution in [0.15, 0.2) is 23.4 Å². The predicted molar refractivity (Wildman–Crippen MR) is 71.5 cm³/mol. The van der Waals surface area contributed by atoms with Crippen LogP contribution in [0.1, 0.15) is 25.3 Å². The highest BCUT2D eigenvalue weighted by atomic mass is 16.5. The van der Waals surface area contributed by atoms with Crippen LogP contribution in [0.4, 0.5) is 0 Å². The summed E-state index contributed by atoms with van der Waals surface area (Å²) in [5, 5.41) is 12.2. The van der Waals surface area contributed by atoms with Gasteiger partial charge in [-0.25, -0.2) is 0 Å². The summed E-state index contributed by atoms with van der Waals surface area (Å²) in [5.74, 6) is 1.40. The minimum Gasteiger partial charge on any atom is -0.497 e. The zero-order valence-corrected chi connectivity index (χ0v) is 11.3. The van der Waals surface area contributed by atoms with Crippen LogP contribution in [0, 0.1) is 0 Å². The van der Waals surface area contributed by atoms with Crippen molar-refractivity contribution in [2.24, 2.45) is 5.16 Å². The van der Waals surface area contributed by atoms with E-state index in [0.717, 1.165) is 37.4 Å². The quantitative estimate of drug-likeness (QED) is 0.516. The van der Waals surface area contributed by atoms with Crippen molar-refractivity contribution in [2.75, 3.05) is 20.3 Å². The van der Waals surface area contributed by atoms with Gasteiger partial charge in [0.2, 0.25) is 0 Å². The summed E-state index contributed by atoms with van der Waals surface area (Å²) in [7, 11) is 1.61. The molecular formula is C14H19NO4. The maximum absolute atomic E-state index is 8.93. The van der Waals surface area contributed by atoms with Crippen molar-refractivity contribution in [1.29, 1.82) is 0 Å². The van der Waals surface area contributed by atoms with Gasteiger partial charge in [-0.1, -0.05) is 5.16 Å². The molecule has 0 radical (unpaired) electrons. The van der Waals surface area contributed by atoms with E-state index in [2.05, 4.69) is 5.16 Å². The van der Waals surface area contributed by atoms with Crippen LogP contribution in [0.3, 0.4) is 0 Å². The van der Waals surface area contributed by atoms with Crippen molar-refractivity contribution >= 4 is 5.71 Å². The first-order chi connectivity index (χ1) is 9.24. The number of ether oxygens (including phenoxy) is 3. The zero-order valence-electron chi connectivity index (χ0n) is 11.3. The average Bonchev–Trinajstić information content (AvgIpc) is 2.47. The molecule has 5 nitrogen and oxygen atoms in total. The molecule has 1 N–H and O–H groups in total. The highest BCUT2D eigenvalue weighted by Gasteiger charge is 2.18. The van der Waals surface area contributed by atoms with Crippen molar-refractivity contribution in [3.8, 4) is 11.5 Å². The first-order valence-electron chi connectivity index (χ1n) is 6.36. The van der Waals surface area contributed by atoms with Gasteiger partial charge >= 0.3 is 0 Å². The first kappa shape index (κ1) is 13.7. The minimum absolute atomic E-state index is 0.131. The van der Waals surface area contributed by atoms with Crippen LogP contribution in [0.25, 0.3) is 0 Å². The van der Waals surface area contributed by atoms with Gasteiger partial charge in [-0.2, -0.15) is 0 Å². The van der Waals surface area contributed by atoms with Crippen LogP contribution in [0.2, 0.25) is 0 Å². The molecular weight excluding hydrogens is 246 g/mol. The third kappa shape index (κ3) is 3.38. The third-order valence-electron chi connectivity index (χ3n) is 3.19. The molecule has 5 heteroatoms. The molecule has 19 heavy (non-hydrogen) atoms. The molecule has 0 bridgehead atoms. The molecule has 1 saturated heterocycles. The van der Waals surface area contributed by atoms with E-state index in [-0.39, 0.29) is 6.10 Å². The number of hydrogen-bond acceptors (Lipinski definition) is 5. The normalized spacial score (nSPS) is 17.3. The fourth-order valence-electron chi connectivity index (χ4n) is 2.05. The molecule has 0 amide bonds. The first-order valence-corrected chi connectivity index (χ1v) is 6.36. The van der Waals surface area contributed by atoms with Crippen LogP contribution in [-0.2, 0) is 4.74 Å². The minimum atomic E-state index is 0.131. The molecule has 1 aliphatic heterocycles. The molecule has 1 aromatic carbocycles. The monoisotopic (exact) mass is 265 g/mol. The van der Waals surface area contributed by atoms with Crippen LogP contribution < -0.4 is 9.47 Å². The molecule has 104 valence electrons. The van der Waals surface area contributed by atoms with Gasteiger partial charge in [-0.05, 0) is 19.1 Å². The molecule has 1 heterocycles. The molecule has 0 aliphatic carbocycles. The summed E-state index contributed by atoms with van der Waals surface area (Å²) < 4.78 is 16.5. The van der Waals surface area contributed by atoms with E-state index in [1.54, 1.807) is 14.0 Å². The summed E-state index contributed by atoms with van der Waals surface area (Å²) in [6.07, 6.45) is 1.86. The van der Waals surface area contributed by atoms with Crippen molar-refractivity contribution in [2.45, 2.75) is 25.9 Å². The molecule has 1 aliphatic rings. The predicted octanol–water partition coefficient (Wildman–Crippen LogP) is 2.45. The van der Waals surface area contributed by atoms with Gasteiger partial charge in [0.15, 0.2) is 0 Å². The number of nitrogens with zero attached hydrogens (tertiary/aromatic N) is 1. The zero-order chi connectivity index (χ0) is 13.7. The van der Waals surface area contributed by atoms with Crippen LogP contribution >= 0.6 is 0 Å². The number of benzene rings is 1. The lowest BCUT2D eigenvalue weighted by atomic mass is 10.1. The van der Waals surface area contributed by atoms with Gasteiger partial charge in [0.25, 0.3) is 0 Å². The molecule has 2 rings (SSSR count). The van der Waals surface area contributed by atoms with Gasteiger partial charge < -0.3 is 19.4 Å². The van der Waals surface area contributed by atoms with Gasteiger partial charge in [-0.3, -0.25) is 0 Å². The number of hydrogen-bond donors (Lipinski definition) is 1. The standard InChI is InChI=1S/C14H19NO4/c1-10(15-16)13-4-3-12(17-2)9-14(13)19-11-5-7-18-8-6-11/h3-4,9,11,16H,5-8H2,1-2H3/b15-10+. The van der Waals surface area contributed by atoms with E-state index in [1.807, 2.05) is 18.2 Å². The number of oxime groups is 1. The lowest BCUT2D eigenvalue weighted by molar-refractivity contribution is 0.0254. The van der Waals surface area contributed by atoms with E-state index in [9.17, 15) is 0 Å². The van der Waals surface area contributed by atoms with E-state index < -0.39 is 0 Å². The Morgan fingerprint density at radius 3 is 2.74 bits per heavy atom. The molecule has 0 unspecified atom stereocenters. The lowest BCUT2D eigenvalue weighted by Gasteiger charge is -2.24. The van der Waals surface area contributed by atoms with Crippen molar-refractivity contribution in [1.82, 2.24) is 0 Å². The number of methoxy groups -OCH3 is 1. The summed E-state index contributed by atoms with van der Waals surface area (Å²) >= 11 is 0. The van der Waals surface area contributed by atoms with E-state index in [0.29, 0.717) is 11.5 Å². The average molecular weight is 265 g/mol. The van der Waals surface area contributed by atoms with Crippen molar-refractivity contribution in [3.63, 3.8) is 0 Å². The SMILES string of the molecule is COc1ccc(/C(C)=N/O)c(OC2CCOCC2)c1. The molecule has 0 aromatic heterocycles. The fraction of sp³-hybridized carbons (Fsp3) is 0.500. The molecule has 1 fully saturated rings. The summed E-state index contributed by atoms with van der Waals surface area (Å²) in [4.78, 5) is 0. The Morgan fingerprint density at radius 2 is 2.11 bits per heavy atom. The Balaban J connectivity index is 2.24. The highest BCUT2D eigenvalue weighted by molar-refractivity contribution is 6.00. The van der Waals surface area contributed by atoms with Crippen LogP contribution in [0.5, 0.6) is 11.5 Å². The van der Waals surface area contributed by atoms with Gasteiger partial charge in [-0.15, -0.1) is 0 Å². The lowest BCUT2D eigenvalue weighted by Crippen LogP contribution is -2.26. The van der Waals surface area contributed by atoms with Crippen molar-refractivity contribution < 1.29 is 19.4 Å². The van der Waals surface area contributed by atoms with E-state index in [1.165, 1.54) is 0 Å². The van der Waals surface area contributed by atoms with Gasteiger partial charge in [0, 0.05) is 24.5 Å². The topological polar surface area (TPSA) is 60.3 Å². The summed E-state index contributed by atoms with van der Waals surface area (Å²) in [6, 6.07) is 5.48. The third-order valence-corrected chi connectivity index (χ3v) is 3.19. The Hall–Kier alpha value is -1.75. The second kappa shape index (κ2) is 6.43. The Morgan fingerprint density at radius 1 is 1.37 bits per heavy atom. The molecule has 0 saturated carbocycles. The second-order valence-electron chi connectivity index (χ2n) is 4.48. The summed E-state index contributed by atoms with van der Waals surface area (Å²) in [6.45, 7) is 3.17. The Labute approximate surface area is 112 Å². The smallest absolute Gasteiger partial charge is 0.132 e. The molecule has 0 spiro atoms. The van der Waals surface area contributed by atoms with Gasteiger partial charge in [0.05, 0.1) is 26.0 Å². The number of rotatable bonds is 4. The van der Waals surface area contributed by atoms with Crippen LogP contribution in [-0.4, -0.2) is 37.3 Å². The Bertz CT molecular complexity index is 453. The summed E-state index contributed by atoms with van der Waals surface area (Å²) in [5.41, 5.74) is 1.29. The van der Waals surface area contributed by atoms with Gasteiger partial charge in [0.1, 0.15) is 17.6 Å². The maximum Gasteiger partial charge on any atom is 0.132 e. The highest BCUT2D eigenvalue weighted by Crippen LogP contribution is 2.28. The maximum atomic E-state index is 8.93. The molecule has 1 aromatic rings. The van der Waals surface area contributed by atoms with E-state index >= 15 is 0 Å². The van der Waals surface area contributed by atoms with E-state index in [4.69, 9.17) is 19.4 Å². The van der Waals surface area contributed by atoms with Crippen molar-refractivity contribution in [3.05, 3.63) is 23.8 Å². The second-order valence-corrected chi connectivity index (χ2v) is 4.48. The molecule has 0 atom stereocenters. The largest absolute Gasteiger partial charge is 0.497 e. The Kier molecular flexibility index (Phi) is 4.63. The fourth-order valence-corrected chi connectivity index (χ4v) is 2.05.